The lowest BCUT2D eigenvalue weighted by atomic mass is 9.73. The van der Waals surface area contributed by atoms with Crippen molar-refractivity contribution >= 4 is 27.8 Å². The number of benzene rings is 1. The van der Waals surface area contributed by atoms with E-state index in [2.05, 4.69) is 15.9 Å². The molecule has 0 spiro atoms. The number of ether oxygens (including phenoxy) is 1. The van der Waals surface area contributed by atoms with E-state index in [1.807, 2.05) is 24.3 Å². The van der Waals surface area contributed by atoms with Gasteiger partial charge in [-0.3, -0.25) is 9.59 Å². The number of nitrogens with zero attached hydrogens (tertiary/aromatic N) is 1. The molecule has 0 saturated carbocycles. The predicted molar refractivity (Wildman–Crippen MR) is 92.8 cm³/mol. The second kappa shape index (κ2) is 6.48. The molecule has 2 fully saturated rings. The summed E-state index contributed by atoms with van der Waals surface area (Å²) in [6.45, 7) is 3.59. The van der Waals surface area contributed by atoms with E-state index in [4.69, 9.17) is 4.74 Å². The highest BCUT2D eigenvalue weighted by Crippen LogP contribution is 2.40. The van der Waals surface area contributed by atoms with Crippen LogP contribution in [0.1, 0.15) is 31.7 Å². The summed E-state index contributed by atoms with van der Waals surface area (Å²) in [6.07, 6.45) is 1.77. The second-order valence-electron chi connectivity index (χ2n) is 7.04. The molecule has 1 amide bonds. The van der Waals surface area contributed by atoms with Gasteiger partial charge in [0.1, 0.15) is 0 Å². The van der Waals surface area contributed by atoms with Gasteiger partial charge in [0.2, 0.25) is 5.91 Å². The number of aliphatic carboxylic acids is 1. The molecule has 24 heavy (non-hydrogen) atoms. The van der Waals surface area contributed by atoms with Gasteiger partial charge < -0.3 is 14.7 Å². The quantitative estimate of drug-likeness (QED) is 0.854. The van der Waals surface area contributed by atoms with E-state index < -0.39 is 16.8 Å². The van der Waals surface area contributed by atoms with Crippen LogP contribution in [0.25, 0.3) is 0 Å². The molecule has 1 N–H and O–H groups in total. The number of carboxylic acid groups (broad SMARTS) is 1. The molecule has 0 aliphatic carbocycles. The summed E-state index contributed by atoms with van der Waals surface area (Å²) in [7, 11) is 0. The van der Waals surface area contributed by atoms with Crippen molar-refractivity contribution in [3.63, 3.8) is 0 Å². The SMILES string of the molecule is C[C@@]1(C(=O)O)CCN(C(=O)C2(c3ccc(Br)cc3)CCOCC2)C1. The van der Waals surface area contributed by atoms with E-state index in [0.29, 0.717) is 39.0 Å². The first-order chi connectivity index (χ1) is 11.4. The highest BCUT2D eigenvalue weighted by molar-refractivity contribution is 9.10. The molecule has 0 radical (unpaired) electrons. The van der Waals surface area contributed by atoms with E-state index in [-0.39, 0.29) is 12.5 Å². The van der Waals surface area contributed by atoms with Crippen molar-refractivity contribution in [3.05, 3.63) is 34.3 Å². The molecule has 0 bridgehead atoms. The summed E-state index contributed by atoms with van der Waals surface area (Å²) < 4.78 is 6.46. The lowest BCUT2D eigenvalue weighted by Gasteiger charge is -2.39. The van der Waals surface area contributed by atoms with E-state index in [9.17, 15) is 14.7 Å². The number of hydrogen-bond donors (Lipinski definition) is 1. The van der Waals surface area contributed by atoms with Gasteiger partial charge >= 0.3 is 5.97 Å². The van der Waals surface area contributed by atoms with E-state index in [1.165, 1.54) is 0 Å². The molecular formula is C18H22BrNO4. The smallest absolute Gasteiger partial charge is 0.311 e. The molecular weight excluding hydrogens is 374 g/mol. The van der Waals surface area contributed by atoms with Gasteiger partial charge in [-0.15, -0.1) is 0 Å². The number of carbonyl (C=O) groups excluding carboxylic acids is 1. The minimum absolute atomic E-state index is 0.0399. The average molecular weight is 396 g/mol. The highest BCUT2D eigenvalue weighted by Gasteiger charge is 2.49. The molecule has 2 heterocycles. The lowest BCUT2D eigenvalue weighted by molar-refractivity contribution is -0.148. The maximum Gasteiger partial charge on any atom is 0.311 e. The van der Waals surface area contributed by atoms with Crippen LogP contribution in [-0.2, 0) is 19.7 Å². The summed E-state index contributed by atoms with van der Waals surface area (Å²) in [5, 5.41) is 9.43. The van der Waals surface area contributed by atoms with Crippen LogP contribution < -0.4 is 0 Å². The van der Waals surface area contributed by atoms with Crippen molar-refractivity contribution in [2.75, 3.05) is 26.3 Å². The van der Waals surface area contributed by atoms with Crippen LogP contribution in [0, 0.1) is 5.41 Å². The zero-order valence-corrected chi connectivity index (χ0v) is 15.3. The molecule has 0 unspecified atom stereocenters. The summed E-state index contributed by atoms with van der Waals surface area (Å²) in [6, 6.07) is 7.87. The molecule has 2 saturated heterocycles. The minimum atomic E-state index is -0.846. The summed E-state index contributed by atoms with van der Waals surface area (Å²) in [5.74, 6) is -0.791. The van der Waals surface area contributed by atoms with Gasteiger partial charge in [-0.05, 0) is 43.9 Å². The highest BCUT2D eigenvalue weighted by atomic mass is 79.9. The fraction of sp³-hybridized carbons (Fsp3) is 0.556. The van der Waals surface area contributed by atoms with Gasteiger partial charge in [0, 0.05) is 30.8 Å². The first-order valence-corrected chi connectivity index (χ1v) is 9.03. The van der Waals surface area contributed by atoms with Gasteiger partial charge in [-0.2, -0.15) is 0 Å². The molecule has 2 aliphatic rings. The van der Waals surface area contributed by atoms with E-state index in [0.717, 1.165) is 10.0 Å². The van der Waals surface area contributed by atoms with Crippen LogP contribution >= 0.6 is 15.9 Å². The number of halogens is 1. The fourth-order valence-electron chi connectivity index (χ4n) is 3.73. The Balaban J connectivity index is 1.91. The summed E-state index contributed by atoms with van der Waals surface area (Å²) >= 11 is 3.44. The Kier molecular flexibility index (Phi) is 4.71. The zero-order valence-electron chi connectivity index (χ0n) is 13.8. The molecule has 1 aromatic rings. The van der Waals surface area contributed by atoms with E-state index in [1.54, 1.807) is 11.8 Å². The minimum Gasteiger partial charge on any atom is -0.481 e. The Morgan fingerprint density at radius 1 is 1.17 bits per heavy atom. The normalized spacial score (nSPS) is 26.3. The third-order valence-corrected chi connectivity index (χ3v) is 5.96. The molecule has 6 heteroatoms. The van der Waals surface area contributed by atoms with Crippen LogP contribution in [0.5, 0.6) is 0 Å². The third kappa shape index (κ3) is 2.97. The number of rotatable bonds is 3. The number of hydrogen-bond acceptors (Lipinski definition) is 3. The van der Waals surface area contributed by atoms with Gasteiger partial charge in [0.25, 0.3) is 0 Å². The van der Waals surface area contributed by atoms with Gasteiger partial charge in [-0.1, -0.05) is 28.1 Å². The van der Waals surface area contributed by atoms with Crippen LogP contribution in [0.4, 0.5) is 0 Å². The maximum absolute atomic E-state index is 13.4. The Bertz CT molecular complexity index is 639. The Hall–Kier alpha value is -1.40. The van der Waals surface area contributed by atoms with Crippen molar-refractivity contribution < 1.29 is 19.4 Å². The zero-order chi connectivity index (χ0) is 17.4. The molecule has 1 atom stereocenters. The van der Waals surface area contributed by atoms with Crippen molar-refractivity contribution in [2.24, 2.45) is 5.41 Å². The van der Waals surface area contributed by atoms with E-state index >= 15 is 0 Å². The van der Waals surface area contributed by atoms with Gasteiger partial charge in [0.05, 0.1) is 10.8 Å². The van der Waals surface area contributed by atoms with Crippen LogP contribution in [0.15, 0.2) is 28.7 Å². The van der Waals surface area contributed by atoms with Gasteiger partial charge in [-0.25, -0.2) is 0 Å². The number of amides is 1. The first-order valence-electron chi connectivity index (χ1n) is 8.24. The average Bonchev–Trinajstić information content (AvgIpc) is 2.99. The Morgan fingerprint density at radius 3 is 2.33 bits per heavy atom. The largest absolute Gasteiger partial charge is 0.481 e. The Morgan fingerprint density at radius 2 is 1.79 bits per heavy atom. The lowest BCUT2D eigenvalue weighted by Crippen LogP contribution is -2.50. The standard InChI is InChI=1S/C18H22BrNO4/c1-17(16(22)23)6-9-20(12-17)15(21)18(7-10-24-11-8-18)13-2-4-14(19)5-3-13/h2-5H,6-12H2,1H3,(H,22,23)/t17-/m1/s1. The molecule has 0 aromatic heterocycles. The van der Waals surface area contributed by atoms with Crippen molar-refractivity contribution in [1.29, 1.82) is 0 Å². The monoisotopic (exact) mass is 395 g/mol. The molecule has 5 nitrogen and oxygen atoms in total. The molecule has 1 aromatic carbocycles. The van der Waals surface area contributed by atoms with Crippen LogP contribution in [0.3, 0.4) is 0 Å². The fourth-order valence-corrected chi connectivity index (χ4v) is 3.99. The maximum atomic E-state index is 13.4. The van der Waals surface area contributed by atoms with Crippen molar-refractivity contribution in [3.8, 4) is 0 Å². The van der Waals surface area contributed by atoms with Crippen LogP contribution in [0.2, 0.25) is 0 Å². The van der Waals surface area contributed by atoms with Crippen LogP contribution in [-0.4, -0.2) is 48.2 Å². The third-order valence-electron chi connectivity index (χ3n) is 5.43. The molecule has 2 aliphatic heterocycles. The summed E-state index contributed by atoms with van der Waals surface area (Å²) in [4.78, 5) is 26.6. The predicted octanol–water partition coefficient (Wildman–Crippen LogP) is 2.82. The van der Waals surface area contributed by atoms with Gasteiger partial charge in [0.15, 0.2) is 0 Å². The first kappa shape index (κ1) is 17.4. The topological polar surface area (TPSA) is 66.8 Å². The number of carbonyl (C=O) groups is 2. The number of likely N-dealkylation sites (tertiary alicyclic amines) is 1. The molecule has 3 rings (SSSR count). The van der Waals surface area contributed by atoms with Crippen molar-refractivity contribution in [2.45, 2.75) is 31.6 Å². The molecule has 130 valence electrons. The Labute approximate surface area is 150 Å². The number of carboxylic acids is 1. The second-order valence-corrected chi connectivity index (χ2v) is 7.96. The van der Waals surface area contributed by atoms with Crippen molar-refractivity contribution in [1.82, 2.24) is 4.90 Å². The summed E-state index contributed by atoms with van der Waals surface area (Å²) in [5.41, 5.74) is -0.465.